The zero-order valence-electron chi connectivity index (χ0n) is 20.3. The number of amides is 2. The summed E-state index contributed by atoms with van der Waals surface area (Å²) in [5, 5.41) is 11.3. The van der Waals surface area contributed by atoms with Gasteiger partial charge >= 0.3 is 0 Å². The van der Waals surface area contributed by atoms with Crippen LogP contribution >= 0.6 is 0 Å². The number of likely N-dealkylation sites (tertiary alicyclic amines) is 1. The van der Waals surface area contributed by atoms with Gasteiger partial charge in [0.05, 0.1) is 18.8 Å². The Labute approximate surface area is 208 Å². The molecule has 2 fully saturated rings. The van der Waals surface area contributed by atoms with Crippen LogP contribution in [0.4, 0.5) is 10.1 Å². The lowest BCUT2D eigenvalue weighted by molar-refractivity contribution is -0.143. The molecule has 0 aromatic heterocycles. The fourth-order valence-electron chi connectivity index (χ4n) is 5.43. The predicted molar refractivity (Wildman–Crippen MR) is 131 cm³/mol. The molecule has 0 aliphatic carbocycles. The maximum Gasteiger partial charge on any atom is 0.296 e. The van der Waals surface area contributed by atoms with Crippen LogP contribution in [0.3, 0.4) is 0 Å². The predicted octanol–water partition coefficient (Wildman–Crippen LogP) is 2.41. The summed E-state index contributed by atoms with van der Waals surface area (Å²) in [6.07, 6.45) is 0.521. The molecular weight excluding hydrogens is 465 g/mol. The molecule has 2 aromatic rings. The average Bonchev–Trinajstić information content (AvgIpc) is 3.24. The molecule has 0 bridgehead atoms. The minimum atomic E-state index is -1.82. The molecule has 3 heterocycles. The molecule has 8 nitrogen and oxygen atoms in total. The van der Waals surface area contributed by atoms with Crippen LogP contribution in [-0.2, 0) is 24.7 Å². The van der Waals surface area contributed by atoms with Crippen LogP contribution in [0.1, 0.15) is 23.1 Å². The summed E-state index contributed by atoms with van der Waals surface area (Å²) >= 11 is 0. The minimum absolute atomic E-state index is 0.0311. The van der Waals surface area contributed by atoms with E-state index in [-0.39, 0.29) is 17.7 Å². The number of aryl methyl sites for hydroxylation is 1. The van der Waals surface area contributed by atoms with Gasteiger partial charge in [-0.05, 0) is 31.0 Å². The van der Waals surface area contributed by atoms with Crippen LogP contribution < -0.4 is 4.90 Å². The van der Waals surface area contributed by atoms with Crippen molar-refractivity contribution in [2.24, 2.45) is 0 Å². The highest BCUT2D eigenvalue weighted by atomic mass is 19.1. The third kappa shape index (κ3) is 3.53. The first-order valence-corrected chi connectivity index (χ1v) is 12.0. The summed E-state index contributed by atoms with van der Waals surface area (Å²) in [6, 6.07) is 11.0. The molecule has 9 heteroatoms. The number of carbonyl (C=O) groups is 3. The number of halogens is 1. The van der Waals surface area contributed by atoms with Crippen molar-refractivity contribution in [3.8, 4) is 0 Å². The fraction of sp³-hybridized carbons (Fsp3) is 0.370. The molecule has 36 heavy (non-hydrogen) atoms. The standard InChI is InChI=1S/C27H28FN3O5/c1-17-8-9-18(16-20(17)28)23(32)22-24(33)25(34)31(11-5-10-30-12-14-36-15-13-30)27(22)19-6-3-4-7-21(19)29(2)26(27)35/h3-4,6-9,16,32H,5,10-15H2,1-2H3. The molecule has 2 saturated heterocycles. The third-order valence-electron chi connectivity index (χ3n) is 7.34. The Hall–Kier alpha value is -3.56. The number of ether oxygens (including phenoxy) is 1. The number of aliphatic hydroxyl groups excluding tert-OH is 1. The van der Waals surface area contributed by atoms with Gasteiger partial charge in [-0.15, -0.1) is 0 Å². The molecule has 2 aromatic carbocycles. The van der Waals surface area contributed by atoms with E-state index in [1.54, 1.807) is 38.2 Å². The number of nitrogens with zero attached hydrogens (tertiary/aromatic N) is 3. The quantitative estimate of drug-likeness (QED) is 0.391. The largest absolute Gasteiger partial charge is 0.507 e. The van der Waals surface area contributed by atoms with Gasteiger partial charge in [0.25, 0.3) is 17.6 Å². The smallest absolute Gasteiger partial charge is 0.296 e. The normalized spacial score (nSPS) is 23.7. The number of carbonyl (C=O) groups excluding carboxylic acids is 3. The summed E-state index contributed by atoms with van der Waals surface area (Å²) in [5.74, 6) is -3.46. The van der Waals surface area contributed by atoms with E-state index in [9.17, 15) is 23.9 Å². The molecule has 3 aliphatic heterocycles. The van der Waals surface area contributed by atoms with Gasteiger partial charge < -0.3 is 19.6 Å². The van der Waals surface area contributed by atoms with Crippen molar-refractivity contribution in [2.75, 3.05) is 51.3 Å². The Morgan fingerprint density at radius 1 is 1.08 bits per heavy atom. The van der Waals surface area contributed by atoms with E-state index in [1.165, 1.54) is 21.9 Å². The van der Waals surface area contributed by atoms with Crippen LogP contribution in [0, 0.1) is 12.7 Å². The van der Waals surface area contributed by atoms with E-state index in [0.717, 1.165) is 19.2 Å². The second-order valence-corrected chi connectivity index (χ2v) is 9.37. The monoisotopic (exact) mass is 493 g/mol. The summed E-state index contributed by atoms with van der Waals surface area (Å²) in [5.41, 5.74) is -0.768. The highest BCUT2D eigenvalue weighted by Gasteiger charge is 2.66. The highest BCUT2D eigenvalue weighted by molar-refractivity contribution is 6.50. The summed E-state index contributed by atoms with van der Waals surface area (Å²) in [4.78, 5) is 45.8. The second kappa shape index (κ2) is 9.15. The van der Waals surface area contributed by atoms with Crippen LogP contribution in [-0.4, -0.2) is 78.9 Å². The number of aliphatic hydroxyl groups is 1. The number of ketones is 1. The summed E-state index contributed by atoms with van der Waals surface area (Å²) < 4.78 is 19.8. The zero-order valence-corrected chi connectivity index (χ0v) is 20.3. The second-order valence-electron chi connectivity index (χ2n) is 9.37. The van der Waals surface area contributed by atoms with E-state index in [0.29, 0.717) is 43.0 Å². The van der Waals surface area contributed by atoms with Crippen molar-refractivity contribution in [3.63, 3.8) is 0 Å². The van der Waals surface area contributed by atoms with Crippen LogP contribution in [0.5, 0.6) is 0 Å². The van der Waals surface area contributed by atoms with Gasteiger partial charge in [0.1, 0.15) is 11.6 Å². The first-order valence-electron chi connectivity index (χ1n) is 12.0. The van der Waals surface area contributed by atoms with Crippen molar-refractivity contribution < 1.29 is 28.6 Å². The van der Waals surface area contributed by atoms with E-state index in [4.69, 9.17) is 4.74 Å². The Balaban J connectivity index is 1.64. The van der Waals surface area contributed by atoms with Crippen molar-refractivity contribution >= 4 is 29.0 Å². The average molecular weight is 494 g/mol. The maximum atomic E-state index is 14.4. The number of morpholine rings is 1. The van der Waals surface area contributed by atoms with E-state index >= 15 is 0 Å². The highest BCUT2D eigenvalue weighted by Crippen LogP contribution is 2.53. The van der Waals surface area contributed by atoms with Crippen molar-refractivity contribution in [2.45, 2.75) is 18.9 Å². The van der Waals surface area contributed by atoms with Gasteiger partial charge in [0.2, 0.25) is 0 Å². The number of hydrogen-bond donors (Lipinski definition) is 1. The number of rotatable bonds is 5. The van der Waals surface area contributed by atoms with Gasteiger partial charge in [-0.25, -0.2) is 4.39 Å². The Morgan fingerprint density at radius 3 is 2.53 bits per heavy atom. The molecule has 5 rings (SSSR count). The van der Waals surface area contributed by atoms with Crippen LogP contribution in [0.25, 0.3) is 5.76 Å². The van der Waals surface area contributed by atoms with Crippen molar-refractivity contribution in [1.29, 1.82) is 0 Å². The molecule has 1 N–H and O–H groups in total. The number of anilines is 1. The van der Waals surface area contributed by atoms with Crippen molar-refractivity contribution in [1.82, 2.24) is 9.80 Å². The molecular formula is C27H28FN3O5. The van der Waals surface area contributed by atoms with Crippen LogP contribution in [0.15, 0.2) is 48.0 Å². The van der Waals surface area contributed by atoms with Crippen molar-refractivity contribution in [3.05, 3.63) is 70.5 Å². The SMILES string of the molecule is Cc1ccc(C(O)=C2C(=O)C(=O)N(CCCN3CCOCC3)C23C(=O)N(C)c2ccccc23)cc1F. The van der Waals surface area contributed by atoms with E-state index in [1.807, 2.05) is 0 Å². The lowest BCUT2D eigenvalue weighted by Gasteiger charge is -2.35. The third-order valence-corrected chi connectivity index (χ3v) is 7.34. The van der Waals surface area contributed by atoms with E-state index < -0.39 is 34.7 Å². The van der Waals surface area contributed by atoms with Crippen LogP contribution in [0.2, 0.25) is 0 Å². The lowest BCUT2D eigenvalue weighted by Crippen LogP contribution is -2.52. The molecule has 0 saturated carbocycles. The first-order chi connectivity index (χ1) is 17.3. The molecule has 188 valence electrons. The number of para-hydroxylation sites is 1. The number of Topliss-reactive ketones (excluding diaryl/α,β-unsaturated/α-hetero) is 1. The Kier molecular flexibility index (Phi) is 6.13. The molecule has 3 aliphatic rings. The minimum Gasteiger partial charge on any atom is -0.507 e. The fourth-order valence-corrected chi connectivity index (χ4v) is 5.43. The number of hydrogen-bond acceptors (Lipinski definition) is 6. The topological polar surface area (TPSA) is 90.4 Å². The Bertz CT molecular complexity index is 1290. The summed E-state index contributed by atoms with van der Waals surface area (Å²) in [7, 11) is 1.58. The van der Waals surface area contributed by atoms with Gasteiger partial charge in [0.15, 0.2) is 5.54 Å². The molecule has 1 spiro atoms. The maximum absolute atomic E-state index is 14.4. The van der Waals surface area contributed by atoms with Gasteiger partial charge in [0, 0.05) is 50.0 Å². The first kappa shape index (κ1) is 24.1. The number of likely N-dealkylation sites (N-methyl/N-ethyl adjacent to an activating group) is 1. The molecule has 1 unspecified atom stereocenters. The van der Waals surface area contributed by atoms with Gasteiger partial charge in [-0.1, -0.05) is 30.3 Å². The van der Waals surface area contributed by atoms with E-state index in [2.05, 4.69) is 4.90 Å². The lowest BCUT2D eigenvalue weighted by atomic mass is 9.81. The Morgan fingerprint density at radius 2 is 1.81 bits per heavy atom. The molecule has 2 amide bonds. The zero-order chi connectivity index (χ0) is 25.6. The van der Waals surface area contributed by atoms with Gasteiger partial charge in [-0.3, -0.25) is 19.3 Å². The summed E-state index contributed by atoms with van der Waals surface area (Å²) in [6.45, 7) is 5.19. The molecule has 0 radical (unpaired) electrons. The molecule has 1 atom stereocenters. The number of benzene rings is 2. The van der Waals surface area contributed by atoms with Gasteiger partial charge in [-0.2, -0.15) is 0 Å². The number of fused-ring (bicyclic) bond motifs is 2.